The summed E-state index contributed by atoms with van der Waals surface area (Å²) in [5.74, 6) is 0.429. The van der Waals surface area contributed by atoms with E-state index in [4.69, 9.17) is 9.72 Å². The summed E-state index contributed by atoms with van der Waals surface area (Å²) in [5.41, 5.74) is 3.50. The van der Waals surface area contributed by atoms with E-state index in [1.165, 1.54) is 24.9 Å². The molecule has 1 amide bonds. The third-order valence-corrected chi connectivity index (χ3v) is 7.42. The molecule has 1 N–H and O–H groups in total. The number of nitrogens with zero attached hydrogens (tertiary/aromatic N) is 3. The number of esters is 1. The van der Waals surface area contributed by atoms with Crippen LogP contribution in [-0.4, -0.2) is 38.9 Å². The highest BCUT2D eigenvalue weighted by atomic mass is 32.2. The van der Waals surface area contributed by atoms with Crippen LogP contribution in [0.15, 0.2) is 35.2 Å². The van der Waals surface area contributed by atoms with Gasteiger partial charge in [-0.15, -0.1) is 11.8 Å². The number of benzene rings is 2. The van der Waals surface area contributed by atoms with Crippen molar-refractivity contribution in [3.05, 3.63) is 41.7 Å². The fourth-order valence-electron chi connectivity index (χ4n) is 4.60. The van der Waals surface area contributed by atoms with Crippen molar-refractivity contribution in [3.8, 4) is 11.5 Å². The first kappa shape index (κ1) is 20.3. The maximum absolute atomic E-state index is 15.0. The van der Waals surface area contributed by atoms with Gasteiger partial charge in [-0.05, 0) is 43.0 Å². The van der Waals surface area contributed by atoms with Gasteiger partial charge in [0.25, 0.3) is 0 Å². The number of rotatable bonds is 4. The summed E-state index contributed by atoms with van der Waals surface area (Å²) < 4.78 is 23.7. The van der Waals surface area contributed by atoms with Gasteiger partial charge < -0.3 is 19.2 Å². The van der Waals surface area contributed by atoms with Gasteiger partial charge in [0.2, 0.25) is 5.91 Å². The average molecular weight is 465 g/mol. The van der Waals surface area contributed by atoms with Crippen LogP contribution in [-0.2, 0) is 23.1 Å². The van der Waals surface area contributed by atoms with Gasteiger partial charge >= 0.3 is 5.97 Å². The number of carbonyl (C=O) groups excluding carboxylic acids is 2. The number of aryl methyl sites for hydroxylation is 1. The number of fused-ring (bicyclic) bond motifs is 4. The quantitative estimate of drug-likeness (QED) is 0.448. The summed E-state index contributed by atoms with van der Waals surface area (Å²) in [4.78, 5) is 29.9. The van der Waals surface area contributed by atoms with E-state index in [9.17, 15) is 9.59 Å². The van der Waals surface area contributed by atoms with Crippen molar-refractivity contribution in [3.63, 3.8) is 0 Å². The molecule has 2 aromatic heterocycles. The van der Waals surface area contributed by atoms with Crippen LogP contribution in [0.5, 0.6) is 0 Å². The molecule has 1 aliphatic carbocycles. The van der Waals surface area contributed by atoms with Crippen molar-refractivity contribution < 1.29 is 18.7 Å². The minimum absolute atomic E-state index is 0.0131. The molecule has 0 bridgehead atoms. The predicted molar refractivity (Wildman–Crippen MR) is 125 cm³/mol. The lowest BCUT2D eigenvalue weighted by Gasteiger charge is -2.19. The van der Waals surface area contributed by atoms with Gasteiger partial charge in [-0.25, -0.2) is 14.2 Å². The van der Waals surface area contributed by atoms with Crippen molar-refractivity contribution in [1.82, 2.24) is 14.1 Å². The molecule has 4 aromatic rings. The fraction of sp³-hybridized carbons (Fsp3) is 0.292. The molecule has 0 atom stereocenters. The largest absolute Gasteiger partial charge is 0.465 e. The molecule has 0 saturated heterocycles. The Morgan fingerprint density at radius 1 is 1.27 bits per heavy atom. The number of nitrogens with one attached hydrogen (secondary N) is 1. The maximum Gasteiger partial charge on any atom is 0.338 e. The third-order valence-electron chi connectivity index (χ3n) is 6.36. The van der Waals surface area contributed by atoms with Crippen LogP contribution in [0.3, 0.4) is 0 Å². The number of imidazole rings is 1. The van der Waals surface area contributed by atoms with Crippen molar-refractivity contribution in [2.45, 2.75) is 24.3 Å². The molecular weight excluding hydrogens is 443 g/mol. The van der Waals surface area contributed by atoms with E-state index < -0.39 is 11.8 Å². The zero-order valence-electron chi connectivity index (χ0n) is 18.1. The number of hydrogen-bond donors (Lipinski definition) is 1. The number of methoxy groups -OCH3 is 1. The van der Waals surface area contributed by atoms with Gasteiger partial charge in [0.05, 0.1) is 40.8 Å². The lowest BCUT2D eigenvalue weighted by molar-refractivity contribution is -0.113. The minimum atomic E-state index is -0.606. The molecule has 1 fully saturated rings. The number of halogens is 1. The smallest absolute Gasteiger partial charge is 0.338 e. The van der Waals surface area contributed by atoms with Crippen LogP contribution >= 0.6 is 11.8 Å². The Labute approximate surface area is 192 Å². The second kappa shape index (κ2) is 7.34. The van der Waals surface area contributed by atoms with Crippen molar-refractivity contribution in [2.75, 3.05) is 18.2 Å². The van der Waals surface area contributed by atoms with E-state index in [-0.39, 0.29) is 11.5 Å². The molecule has 3 heterocycles. The van der Waals surface area contributed by atoms with Crippen LogP contribution in [0.4, 0.5) is 10.1 Å². The number of ether oxygens (including phenoxy) is 1. The van der Waals surface area contributed by atoms with Gasteiger partial charge in [-0.1, -0.05) is 6.07 Å². The summed E-state index contributed by atoms with van der Waals surface area (Å²) in [5, 5.41) is 4.05. The first-order valence-electron chi connectivity index (χ1n) is 10.8. The Kier molecular flexibility index (Phi) is 4.52. The summed E-state index contributed by atoms with van der Waals surface area (Å²) in [6.07, 6.45) is 2.32. The van der Waals surface area contributed by atoms with E-state index in [2.05, 4.69) is 16.0 Å². The minimum Gasteiger partial charge on any atom is -0.465 e. The van der Waals surface area contributed by atoms with Gasteiger partial charge in [0.15, 0.2) is 5.82 Å². The maximum atomic E-state index is 15.0. The second-order valence-electron chi connectivity index (χ2n) is 8.61. The molecule has 33 heavy (non-hydrogen) atoms. The molecule has 0 unspecified atom stereocenters. The number of carbonyl (C=O) groups is 2. The lowest BCUT2D eigenvalue weighted by Crippen LogP contribution is -2.19. The molecular formula is C24H21FN4O3S. The molecule has 9 heteroatoms. The number of aromatic nitrogens is 3. The Balaban J connectivity index is 1.60. The first-order valence-corrected chi connectivity index (χ1v) is 11.8. The Morgan fingerprint density at radius 3 is 2.85 bits per heavy atom. The second-order valence-corrected chi connectivity index (χ2v) is 9.63. The van der Waals surface area contributed by atoms with Crippen molar-refractivity contribution >= 4 is 51.3 Å². The number of anilines is 1. The Hall–Kier alpha value is -3.33. The Morgan fingerprint density at radius 2 is 2.09 bits per heavy atom. The molecule has 1 saturated carbocycles. The summed E-state index contributed by atoms with van der Waals surface area (Å²) in [7, 11) is 3.04. The van der Waals surface area contributed by atoms with Crippen LogP contribution in [0, 0.1) is 11.7 Å². The molecule has 1 aliphatic heterocycles. The molecule has 2 aliphatic rings. The van der Waals surface area contributed by atoms with Crippen LogP contribution in [0.1, 0.15) is 23.2 Å². The van der Waals surface area contributed by atoms with Gasteiger partial charge in [-0.2, -0.15) is 0 Å². The van der Waals surface area contributed by atoms with Crippen LogP contribution in [0.2, 0.25) is 0 Å². The Bertz CT molecular complexity index is 1480. The van der Waals surface area contributed by atoms with E-state index in [1.807, 2.05) is 12.1 Å². The first-order chi connectivity index (χ1) is 15.9. The molecule has 0 spiro atoms. The molecule has 168 valence electrons. The molecule has 0 radical (unpaired) electrons. The van der Waals surface area contributed by atoms with Gasteiger partial charge in [0.1, 0.15) is 11.3 Å². The monoisotopic (exact) mass is 464 g/mol. The standard InChI is InChI=1S/C24H21FN4O3S/c1-28-22-15(25)7-14(24(31)32-2)8-16(22)26-23(28)17-9-13-5-6-18-20(27-19(30)11-33-18)21(13)29(17)10-12-3-4-12/h5-9,12H,3-4,10-11H2,1-2H3,(H,27,30). The predicted octanol–water partition coefficient (Wildman–Crippen LogP) is 4.57. The summed E-state index contributed by atoms with van der Waals surface area (Å²) in [6, 6.07) is 8.88. The highest BCUT2D eigenvalue weighted by Crippen LogP contribution is 2.43. The lowest BCUT2D eigenvalue weighted by atomic mass is 10.2. The third kappa shape index (κ3) is 3.21. The summed E-state index contributed by atoms with van der Waals surface area (Å²) in [6.45, 7) is 0.801. The van der Waals surface area contributed by atoms with Crippen LogP contribution < -0.4 is 5.32 Å². The van der Waals surface area contributed by atoms with Gasteiger partial charge in [0, 0.05) is 23.9 Å². The van der Waals surface area contributed by atoms with E-state index >= 15 is 4.39 Å². The highest BCUT2D eigenvalue weighted by Gasteiger charge is 2.29. The zero-order valence-corrected chi connectivity index (χ0v) is 19.0. The SMILES string of the molecule is COC(=O)c1cc(F)c2c(c1)nc(-c1cc3ccc4c(c3n1CC1CC1)NC(=O)CS4)n2C. The van der Waals surface area contributed by atoms with Gasteiger partial charge in [-0.3, -0.25) is 4.79 Å². The van der Waals surface area contributed by atoms with Crippen LogP contribution in [0.25, 0.3) is 33.5 Å². The average Bonchev–Trinajstić information content (AvgIpc) is 3.46. The number of hydrogen-bond acceptors (Lipinski definition) is 5. The van der Waals surface area contributed by atoms with E-state index in [1.54, 1.807) is 17.7 Å². The fourth-order valence-corrected chi connectivity index (χ4v) is 5.41. The number of thioether (sulfide) groups is 1. The normalized spacial score (nSPS) is 15.7. The van der Waals surface area contributed by atoms with E-state index in [0.717, 1.165) is 46.6 Å². The number of amides is 1. The zero-order chi connectivity index (χ0) is 22.9. The highest BCUT2D eigenvalue weighted by molar-refractivity contribution is 8.00. The van der Waals surface area contributed by atoms with E-state index in [0.29, 0.717) is 28.5 Å². The molecule has 2 aromatic carbocycles. The van der Waals surface area contributed by atoms with Crippen molar-refractivity contribution in [2.24, 2.45) is 13.0 Å². The topological polar surface area (TPSA) is 78.2 Å². The summed E-state index contributed by atoms with van der Waals surface area (Å²) >= 11 is 1.54. The van der Waals surface area contributed by atoms with Crippen molar-refractivity contribution in [1.29, 1.82) is 0 Å². The molecule has 7 nitrogen and oxygen atoms in total. The molecule has 6 rings (SSSR count).